The van der Waals surface area contributed by atoms with Crippen LogP contribution in [0.3, 0.4) is 0 Å². The first-order chi connectivity index (χ1) is 10.8. The molecule has 0 atom stereocenters. The lowest BCUT2D eigenvalue weighted by Gasteiger charge is -2.05. The topological polar surface area (TPSA) is 34.9 Å². The van der Waals surface area contributed by atoms with Gasteiger partial charge in [-0.3, -0.25) is 4.79 Å². The zero-order chi connectivity index (χ0) is 15.2. The van der Waals surface area contributed by atoms with Gasteiger partial charge in [0.15, 0.2) is 5.78 Å². The Morgan fingerprint density at radius 3 is 2.23 bits per heavy atom. The smallest absolute Gasteiger partial charge is 0.182 e. The third kappa shape index (κ3) is 3.70. The second-order valence-corrected chi connectivity index (χ2v) is 5.34. The first kappa shape index (κ1) is 14.3. The first-order valence-corrected chi connectivity index (χ1v) is 7.43. The Kier molecular flexibility index (Phi) is 4.44. The van der Waals surface area contributed by atoms with Crippen LogP contribution in [0.15, 0.2) is 73.3 Å². The SMILES string of the molecule is O=C(Cn1ccnc1)c1ccc(CCc2ccccc2)cc1. The van der Waals surface area contributed by atoms with Crippen molar-refractivity contribution < 1.29 is 4.79 Å². The summed E-state index contributed by atoms with van der Waals surface area (Å²) in [6.45, 7) is 0.337. The molecule has 0 fully saturated rings. The molecule has 0 aliphatic carbocycles. The van der Waals surface area contributed by atoms with Crippen molar-refractivity contribution in [2.24, 2.45) is 0 Å². The number of rotatable bonds is 6. The van der Waals surface area contributed by atoms with Gasteiger partial charge >= 0.3 is 0 Å². The number of aryl methyl sites for hydroxylation is 2. The van der Waals surface area contributed by atoms with E-state index in [4.69, 9.17) is 0 Å². The van der Waals surface area contributed by atoms with E-state index < -0.39 is 0 Å². The molecule has 3 heteroatoms. The average molecular weight is 290 g/mol. The number of carbonyl (C=O) groups is 1. The molecular formula is C19H18N2O. The van der Waals surface area contributed by atoms with Crippen molar-refractivity contribution in [1.29, 1.82) is 0 Å². The van der Waals surface area contributed by atoms with E-state index in [0.29, 0.717) is 6.54 Å². The van der Waals surface area contributed by atoms with Gasteiger partial charge in [-0.15, -0.1) is 0 Å². The van der Waals surface area contributed by atoms with Crippen molar-refractivity contribution in [2.75, 3.05) is 0 Å². The van der Waals surface area contributed by atoms with Gasteiger partial charge < -0.3 is 4.57 Å². The van der Waals surface area contributed by atoms with Crippen molar-refractivity contribution in [1.82, 2.24) is 9.55 Å². The summed E-state index contributed by atoms with van der Waals surface area (Å²) in [4.78, 5) is 16.1. The Bertz CT molecular complexity index is 716. The standard InChI is InChI=1S/C19H18N2O/c22-19(14-21-13-12-20-15-21)18-10-8-17(9-11-18)7-6-16-4-2-1-3-5-16/h1-5,8-13,15H,6-7,14H2. The van der Waals surface area contributed by atoms with Crippen LogP contribution < -0.4 is 0 Å². The monoisotopic (exact) mass is 290 g/mol. The van der Waals surface area contributed by atoms with Gasteiger partial charge in [-0.1, -0.05) is 54.6 Å². The summed E-state index contributed by atoms with van der Waals surface area (Å²) in [6.07, 6.45) is 7.14. The highest BCUT2D eigenvalue weighted by atomic mass is 16.1. The van der Waals surface area contributed by atoms with E-state index in [1.807, 2.05) is 30.3 Å². The zero-order valence-electron chi connectivity index (χ0n) is 12.4. The second-order valence-electron chi connectivity index (χ2n) is 5.34. The minimum absolute atomic E-state index is 0.104. The quantitative estimate of drug-likeness (QED) is 0.651. The minimum Gasteiger partial charge on any atom is -0.330 e. The van der Waals surface area contributed by atoms with E-state index in [2.05, 4.69) is 29.2 Å². The maximum atomic E-state index is 12.2. The summed E-state index contributed by atoms with van der Waals surface area (Å²) in [6, 6.07) is 18.4. The van der Waals surface area contributed by atoms with E-state index in [1.54, 1.807) is 23.3 Å². The molecule has 3 aromatic rings. The van der Waals surface area contributed by atoms with Crippen LogP contribution in [0.25, 0.3) is 0 Å². The number of ketones is 1. The van der Waals surface area contributed by atoms with Crippen LogP contribution in [-0.2, 0) is 19.4 Å². The molecule has 3 rings (SSSR count). The molecule has 22 heavy (non-hydrogen) atoms. The van der Waals surface area contributed by atoms with E-state index in [1.165, 1.54) is 11.1 Å². The number of carbonyl (C=O) groups excluding carboxylic acids is 1. The van der Waals surface area contributed by atoms with Gasteiger partial charge in [0, 0.05) is 18.0 Å². The van der Waals surface area contributed by atoms with Gasteiger partial charge in [0.05, 0.1) is 12.9 Å². The van der Waals surface area contributed by atoms with Crippen LogP contribution in [0.1, 0.15) is 21.5 Å². The first-order valence-electron chi connectivity index (χ1n) is 7.43. The molecule has 0 radical (unpaired) electrons. The van der Waals surface area contributed by atoms with E-state index in [9.17, 15) is 4.79 Å². The number of hydrogen-bond acceptors (Lipinski definition) is 2. The third-order valence-corrected chi connectivity index (χ3v) is 3.71. The average Bonchev–Trinajstić information content (AvgIpc) is 3.07. The zero-order valence-corrected chi connectivity index (χ0v) is 12.4. The molecule has 0 bridgehead atoms. The molecular weight excluding hydrogens is 272 g/mol. The molecule has 0 aliphatic heterocycles. The van der Waals surface area contributed by atoms with Gasteiger partial charge in [0.2, 0.25) is 0 Å². The normalized spacial score (nSPS) is 10.5. The minimum atomic E-state index is 0.104. The number of benzene rings is 2. The van der Waals surface area contributed by atoms with Gasteiger partial charge in [-0.25, -0.2) is 4.98 Å². The fraction of sp³-hybridized carbons (Fsp3) is 0.158. The fourth-order valence-corrected chi connectivity index (χ4v) is 2.43. The predicted octanol–water partition coefficient (Wildman–Crippen LogP) is 3.55. The summed E-state index contributed by atoms with van der Waals surface area (Å²) >= 11 is 0. The number of aromatic nitrogens is 2. The van der Waals surface area contributed by atoms with Crippen molar-refractivity contribution in [2.45, 2.75) is 19.4 Å². The lowest BCUT2D eigenvalue weighted by Crippen LogP contribution is -2.08. The predicted molar refractivity (Wildman–Crippen MR) is 86.8 cm³/mol. The highest BCUT2D eigenvalue weighted by molar-refractivity contribution is 5.95. The molecule has 3 nitrogen and oxygen atoms in total. The van der Waals surface area contributed by atoms with Crippen LogP contribution >= 0.6 is 0 Å². The molecule has 0 spiro atoms. The van der Waals surface area contributed by atoms with Crippen molar-refractivity contribution in [3.63, 3.8) is 0 Å². The van der Waals surface area contributed by atoms with E-state index in [0.717, 1.165) is 18.4 Å². The Balaban J connectivity index is 1.59. The second kappa shape index (κ2) is 6.85. The van der Waals surface area contributed by atoms with Crippen LogP contribution in [0.4, 0.5) is 0 Å². The molecule has 0 saturated heterocycles. The largest absolute Gasteiger partial charge is 0.330 e. The number of Topliss-reactive ketones (excluding diaryl/α,β-unsaturated/α-hetero) is 1. The number of hydrogen-bond donors (Lipinski definition) is 0. The molecule has 1 heterocycles. The van der Waals surface area contributed by atoms with Crippen LogP contribution in [0, 0.1) is 0 Å². The Morgan fingerprint density at radius 2 is 1.59 bits per heavy atom. The highest BCUT2D eigenvalue weighted by Gasteiger charge is 2.06. The maximum absolute atomic E-state index is 12.2. The summed E-state index contributed by atoms with van der Waals surface area (Å²) in [5, 5.41) is 0. The van der Waals surface area contributed by atoms with Gasteiger partial charge in [0.1, 0.15) is 0 Å². The molecule has 0 saturated carbocycles. The van der Waals surface area contributed by atoms with Crippen molar-refractivity contribution in [3.8, 4) is 0 Å². The van der Waals surface area contributed by atoms with Crippen molar-refractivity contribution >= 4 is 5.78 Å². The lowest BCUT2D eigenvalue weighted by molar-refractivity contribution is 0.0972. The molecule has 110 valence electrons. The summed E-state index contributed by atoms with van der Waals surface area (Å²) < 4.78 is 1.78. The Hall–Kier alpha value is -2.68. The summed E-state index contributed by atoms with van der Waals surface area (Å²) in [5.74, 6) is 0.104. The molecule has 2 aromatic carbocycles. The Labute approximate surface area is 130 Å². The van der Waals surface area contributed by atoms with Crippen LogP contribution in [0.2, 0.25) is 0 Å². The highest BCUT2D eigenvalue weighted by Crippen LogP contribution is 2.10. The van der Waals surface area contributed by atoms with Gasteiger partial charge in [-0.2, -0.15) is 0 Å². The fourth-order valence-electron chi connectivity index (χ4n) is 2.43. The van der Waals surface area contributed by atoms with Crippen LogP contribution in [0.5, 0.6) is 0 Å². The molecule has 1 aromatic heterocycles. The lowest BCUT2D eigenvalue weighted by atomic mass is 10.0. The molecule has 0 aliphatic rings. The van der Waals surface area contributed by atoms with E-state index >= 15 is 0 Å². The summed E-state index contributed by atoms with van der Waals surface area (Å²) in [7, 11) is 0. The number of imidazole rings is 1. The van der Waals surface area contributed by atoms with E-state index in [-0.39, 0.29) is 5.78 Å². The molecule has 0 N–H and O–H groups in total. The number of nitrogens with zero attached hydrogens (tertiary/aromatic N) is 2. The third-order valence-electron chi connectivity index (χ3n) is 3.71. The van der Waals surface area contributed by atoms with Gasteiger partial charge in [-0.05, 0) is 24.0 Å². The molecule has 0 amide bonds. The maximum Gasteiger partial charge on any atom is 0.182 e. The molecule has 0 unspecified atom stereocenters. The van der Waals surface area contributed by atoms with Crippen LogP contribution in [-0.4, -0.2) is 15.3 Å². The Morgan fingerprint density at radius 1 is 0.909 bits per heavy atom. The van der Waals surface area contributed by atoms with Crippen molar-refractivity contribution in [3.05, 3.63) is 90.0 Å². The van der Waals surface area contributed by atoms with Gasteiger partial charge in [0.25, 0.3) is 0 Å². The summed E-state index contributed by atoms with van der Waals surface area (Å²) in [5.41, 5.74) is 3.34.